The third-order valence-electron chi connectivity index (χ3n) is 3.82. The SMILES string of the molecule is CC1CCCC(C)N1C(=O)C=Cc1ccc(Cl)cc1Cl. The van der Waals surface area contributed by atoms with Gasteiger partial charge in [0.05, 0.1) is 0 Å². The molecule has 1 fully saturated rings. The Bertz CT molecular complexity index is 517. The molecule has 0 aliphatic carbocycles. The van der Waals surface area contributed by atoms with E-state index in [0.717, 1.165) is 18.4 Å². The molecule has 1 saturated heterocycles. The highest BCUT2D eigenvalue weighted by atomic mass is 35.5. The molecule has 2 nitrogen and oxygen atoms in total. The number of hydrogen-bond acceptors (Lipinski definition) is 1. The fourth-order valence-electron chi connectivity index (χ4n) is 2.74. The molecule has 1 aromatic carbocycles. The van der Waals surface area contributed by atoms with E-state index >= 15 is 0 Å². The van der Waals surface area contributed by atoms with Crippen LogP contribution >= 0.6 is 23.2 Å². The number of rotatable bonds is 2. The van der Waals surface area contributed by atoms with E-state index < -0.39 is 0 Å². The molecule has 2 unspecified atom stereocenters. The molecule has 1 aromatic rings. The smallest absolute Gasteiger partial charge is 0.247 e. The first-order chi connectivity index (χ1) is 9.49. The number of hydrogen-bond donors (Lipinski definition) is 0. The van der Waals surface area contributed by atoms with Gasteiger partial charge in [-0.2, -0.15) is 0 Å². The molecule has 108 valence electrons. The Balaban J connectivity index is 2.12. The van der Waals surface area contributed by atoms with E-state index in [-0.39, 0.29) is 5.91 Å². The van der Waals surface area contributed by atoms with Crippen LogP contribution in [-0.2, 0) is 4.79 Å². The summed E-state index contributed by atoms with van der Waals surface area (Å²) in [5, 5.41) is 1.15. The van der Waals surface area contributed by atoms with Gasteiger partial charge in [0.1, 0.15) is 0 Å². The molecule has 1 heterocycles. The van der Waals surface area contributed by atoms with Gasteiger partial charge in [-0.25, -0.2) is 0 Å². The number of likely N-dealkylation sites (tertiary alicyclic amines) is 1. The number of amides is 1. The predicted molar refractivity (Wildman–Crippen MR) is 85.1 cm³/mol. The lowest BCUT2D eigenvalue weighted by molar-refractivity contribution is -0.131. The van der Waals surface area contributed by atoms with Gasteiger partial charge >= 0.3 is 0 Å². The summed E-state index contributed by atoms with van der Waals surface area (Å²) in [6.07, 6.45) is 6.71. The van der Waals surface area contributed by atoms with Gasteiger partial charge in [-0.05, 0) is 56.9 Å². The van der Waals surface area contributed by atoms with E-state index in [9.17, 15) is 4.79 Å². The van der Waals surface area contributed by atoms with E-state index in [0.29, 0.717) is 22.1 Å². The molecule has 1 amide bonds. The third kappa shape index (κ3) is 3.56. The molecular formula is C16H19Cl2NO. The van der Waals surface area contributed by atoms with Gasteiger partial charge in [0, 0.05) is 28.2 Å². The zero-order chi connectivity index (χ0) is 14.7. The zero-order valence-electron chi connectivity index (χ0n) is 11.8. The third-order valence-corrected chi connectivity index (χ3v) is 4.38. The minimum absolute atomic E-state index is 0.0516. The second-order valence-electron chi connectivity index (χ2n) is 5.37. The summed E-state index contributed by atoms with van der Waals surface area (Å²) in [4.78, 5) is 14.3. The highest BCUT2D eigenvalue weighted by Crippen LogP contribution is 2.24. The van der Waals surface area contributed by atoms with Crippen molar-refractivity contribution in [3.63, 3.8) is 0 Å². The van der Waals surface area contributed by atoms with Crippen LogP contribution in [0.15, 0.2) is 24.3 Å². The fraction of sp³-hybridized carbons (Fsp3) is 0.438. The molecular weight excluding hydrogens is 293 g/mol. The van der Waals surface area contributed by atoms with Gasteiger partial charge in [0.2, 0.25) is 5.91 Å². The predicted octanol–water partition coefficient (Wildman–Crippen LogP) is 4.80. The van der Waals surface area contributed by atoms with Crippen molar-refractivity contribution in [3.8, 4) is 0 Å². The van der Waals surface area contributed by atoms with Crippen LogP contribution in [0.25, 0.3) is 6.08 Å². The van der Waals surface area contributed by atoms with Crippen molar-refractivity contribution in [1.82, 2.24) is 4.90 Å². The molecule has 1 aliphatic rings. The van der Waals surface area contributed by atoms with Crippen LogP contribution in [0.4, 0.5) is 0 Å². The van der Waals surface area contributed by atoms with Crippen LogP contribution in [-0.4, -0.2) is 22.9 Å². The Kier molecular flexibility index (Phi) is 5.11. The molecule has 4 heteroatoms. The van der Waals surface area contributed by atoms with Gasteiger partial charge < -0.3 is 4.90 Å². The first-order valence-electron chi connectivity index (χ1n) is 6.94. The van der Waals surface area contributed by atoms with Gasteiger partial charge in [-0.3, -0.25) is 4.79 Å². The summed E-state index contributed by atoms with van der Waals surface area (Å²) in [6.45, 7) is 4.22. The maximum absolute atomic E-state index is 12.3. The molecule has 0 spiro atoms. The summed E-state index contributed by atoms with van der Waals surface area (Å²) in [5.41, 5.74) is 0.807. The van der Waals surface area contributed by atoms with Crippen molar-refractivity contribution >= 4 is 35.2 Å². The normalized spacial score (nSPS) is 23.3. The standard InChI is InChI=1S/C16H19Cl2NO/c1-11-4-3-5-12(2)19(11)16(20)9-7-13-6-8-14(17)10-15(13)18/h6-12H,3-5H2,1-2H3. The van der Waals surface area contributed by atoms with Gasteiger partial charge in [-0.15, -0.1) is 0 Å². The van der Waals surface area contributed by atoms with E-state index in [1.807, 2.05) is 11.0 Å². The van der Waals surface area contributed by atoms with Crippen molar-refractivity contribution in [1.29, 1.82) is 0 Å². The minimum Gasteiger partial charge on any atom is -0.334 e. The average Bonchev–Trinajstić information content (AvgIpc) is 2.37. The molecule has 0 radical (unpaired) electrons. The second-order valence-corrected chi connectivity index (χ2v) is 6.22. The summed E-state index contributed by atoms with van der Waals surface area (Å²) in [6, 6.07) is 5.87. The molecule has 2 rings (SSSR count). The molecule has 20 heavy (non-hydrogen) atoms. The average molecular weight is 312 g/mol. The largest absolute Gasteiger partial charge is 0.334 e. The van der Waals surface area contributed by atoms with Gasteiger partial charge in [-0.1, -0.05) is 29.3 Å². The quantitative estimate of drug-likeness (QED) is 0.719. The van der Waals surface area contributed by atoms with E-state index in [4.69, 9.17) is 23.2 Å². The Morgan fingerprint density at radius 3 is 2.50 bits per heavy atom. The summed E-state index contributed by atoms with van der Waals surface area (Å²) in [5.74, 6) is 0.0516. The number of carbonyl (C=O) groups excluding carboxylic acids is 1. The zero-order valence-corrected chi connectivity index (χ0v) is 13.3. The van der Waals surface area contributed by atoms with Gasteiger partial charge in [0.15, 0.2) is 0 Å². The van der Waals surface area contributed by atoms with Crippen LogP contribution in [0.5, 0.6) is 0 Å². The number of benzene rings is 1. The molecule has 0 saturated carbocycles. The maximum atomic E-state index is 12.3. The van der Waals surface area contributed by atoms with Crippen LogP contribution < -0.4 is 0 Å². The monoisotopic (exact) mass is 311 g/mol. The van der Waals surface area contributed by atoms with Crippen LogP contribution in [0.3, 0.4) is 0 Å². The lowest BCUT2D eigenvalue weighted by Crippen LogP contribution is -2.46. The lowest BCUT2D eigenvalue weighted by Gasteiger charge is -2.38. The second kappa shape index (κ2) is 6.64. The number of carbonyl (C=O) groups is 1. The van der Waals surface area contributed by atoms with Gasteiger partial charge in [0.25, 0.3) is 0 Å². The maximum Gasteiger partial charge on any atom is 0.247 e. The van der Waals surface area contributed by atoms with E-state index in [2.05, 4.69) is 13.8 Å². The minimum atomic E-state index is 0.0516. The topological polar surface area (TPSA) is 20.3 Å². The van der Waals surface area contributed by atoms with Crippen molar-refractivity contribution in [2.45, 2.75) is 45.2 Å². The van der Waals surface area contributed by atoms with Crippen LogP contribution in [0.2, 0.25) is 10.0 Å². The van der Waals surface area contributed by atoms with E-state index in [1.165, 1.54) is 6.42 Å². The summed E-state index contributed by atoms with van der Waals surface area (Å²) < 4.78 is 0. The number of nitrogens with zero attached hydrogens (tertiary/aromatic N) is 1. The molecule has 0 bridgehead atoms. The Labute approximate surface area is 130 Å². The van der Waals surface area contributed by atoms with Crippen molar-refractivity contribution < 1.29 is 4.79 Å². The Hall–Kier alpha value is -0.990. The Morgan fingerprint density at radius 2 is 1.90 bits per heavy atom. The molecule has 0 N–H and O–H groups in total. The Morgan fingerprint density at radius 1 is 1.25 bits per heavy atom. The van der Waals surface area contributed by atoms with Crippen LogP contribution in [0, 0.1) is 0 Å². The van der Waals surface area contributed by atoms with Crippen molar-refractivity contribution in [2.24, 2.45) is 0 Å². The van der Waals surface area contributed by atoms with Crippen LogP contribution in [0.1, 0.15) is 38.7 Å². The number of halogens is 2. The first kappa shape index (κ1) is 15.4. The van der Waals surface area contributed by atoms with Crippen molar-refractivity contribution in [2.75, 3.05) is 0 Å². The molecule has 2 atom stereocenters. The highest BCUT2D eigenvalue weighted by Gasteiger charge is 2.27. The fourth-order valence-corrected chi connectivity index (χ4v) is 3.21. The number of piperidine rings is 1. The summed E-state index contributed by atoms with van der Waals surface area (Å²) in [7, 11) is 0. The van der Waals surface area contributed by atoms with Crippen molar-refractivity contribution in [3.05, 3.63) is 39.9 Å². The van der Waals surface area contributed by atoms with E-state index in [1.54, 1.807) is 24.3 Å². The molecule has 0 aromatic heterocycles. The molecule has 1 aliphatic heterocycles. The lowest BCUT2D eigenvalue weighted by atomic mass is 9.97. The highest BCUT2D eigenvalue weighted by molar-refractivity contribution is 6.35. The first-order valence-corrected chi connectivity index (χ1v) is 7.70. The summed E-state index contributed by atoms with van der Waals surface area (Å²) >= 11 is 12.0.